The number of carbonyl (C=O) groups is 1. The standard InChI is InChI=1S/C13H19N3O2/c17-12(15-10-5-2-1-3-6-10)11-9-14-16-7-4-8-18-13(11)16/h9-10H,1-8H2,(H,15,17). The highest BCUT2D eigenvalue weighted by Gasteiger charge is 2.24. The molecule has 1 N–H and O–H groups in total. The van der Waals surface area contributed by atoms with Gasteiger partial charge in [-0.15, -0.1) is 0 Å². The third-order valence-electron chi connectivity index (χ3n) is 3.73. The average Bonchev–Trinajstić information content (AvgIpc) is 2.84. The average molecular weight is 249 g/mol. The van der Waals surface area contributed by atoms with Crippen molar-refractivity contribution < 1.29 is 9.53 Å². The topological polar surface area (TPSA) is 56.2 Å². The summed E-state index contributed by atoms with van der Waals surface area (Å²) < 4.78 is 7.32. The van der Waals surface area contributed by atoms with Crippen molar-refractivity contribution in [2.24, 2.45) is 0 Å². The lowest BCUT2D eigenvalue weighted by atomic mass is 9.95. The van der Waals surface area contributed by atoms with E-state index in [1.165, 1.54) is 19.3 Å². The maximum absolute atomic E-state index is 12.2. The van der Waals surface area contributed by atoms with Gasteiger partial charge in [0.2, 0.25) is 5.88 Å². The number of hydrogen-bond donors (Lipinski definition) is 1. The van der Waals surface area contributed by atoms with Gasteiger partial charge in [0, 0.05) is 19.0 Å². The van der Waals surface area contributed by atoms with Gasteiger partial charge in [-0.05, 0) is 12.8 Å². The molecule has 2 heterocycles. The molecule has 3 rings (SSSR count). The molecule has 0 spiro atoms. The Hall–Kier alpha value is -1.52. The van der Waals surface area contributed by atoms with Crippen molar-refractivity contribution in [3.8, 4) is 5.88 Å². The molecule has 98 valence electrons. The van der Waals surface area contributed by atoms with E-state index >= 15 is 0 Å². The first-order valence-electron chi connectivity index (χ1n) is 6.84. The van der Waals surface area contributed by atoms with Crippen LogP contribution in [-0.2, 0) is 6.54 Å². The molecule has 0 unspecified atom stereocenters. The van der Waals surface area contributed by atoms with E-state index in [0.29, 0.717) is 24.1 Å². The second kappa shape index (κ2) is 5.00. The monoisotopic (exact) mass is 249 g/mol. The molecule has 0 aromatic carbocycles. The first-order valence-corrected chi connectivity index (χ1v) is 6.84. The van der Waals surface area contributed by atoms with Crippen LogP contribution in [0.25, 0.3) is 0 Å². The molecule has 1 saturated carbocycles. The lowest BCUT2D eigenvalue weighted by molar-refractivity contribution is 0.0921. The van der Waals surface area contributed by atoms with Crippen LogP contribution >= 0.6 is 0 Å². The van der Waals surface area contributed by atoms with Crippen molar-refractivity contribution in [3.05, 3.63) is 11.8 Å². The zero-order chi connectivity index (χ0) is 12.4. The van der Waals surface area contributed by atoms with E-state index in [2.05, 4.69) is 10.4 Å². The van der Waals surface area contributed by atoms with Gasteiger partial charge < -0.3 is 10.1 Å². The Morgan fingerprint density at radius 2 is 2.17 bits per heavy atom. The summed E-state index contributed by atoms with van der Waals surface area (Å²) in [7, 11) is 0. The van der Waals surface area contributed by atoms with Crippen molar-refractivity contribution >= 4 is 5.91 Å². The molecular weight excluding hydrogens is 230 g/mol. The SMILES string of the molecule is O=C(NC1CCCCC1)c1cnn2c1OCCC2. The number of aromatic nitrogens is 2. The van der Waals surface area contributed by atoms with Crippen LogP contribution in [0.15, 0.2) is 6.20 Å². The van der Waals surface area contributed by atoms with Crippen molar-refractivity contribution in [1.82, 2.24) is 15.1 Å². The van der Waals surface area contributed by atoms with Gasteiger partial charge in [0.05, 0.1) is 12.8 Å². The number of carbonyl (C=O) groups excluding carboxylic acids is 1. The molecule has 5 nitrogen and oxygen atoms in total. The summed E-state index contributed by atoms with van der Waals surface area (Å²) >= 11 is 0. The zero-order valence-corrected chi connectivity index (χ0v) is 10.5. The maximum atomic E-state index is 12.2. The van der Waals surface area contributed by atoms with Gasteiger partial charge in [-0.25, -0.2) is 4.68 Å². The van der Waals surface area contributed by atoms with Crippen LogP contribution in [0.1, 0.15) is 48.9 Å². The van der Waals surface area contributed by atoms with Crippen molar-refractivity contribution in [2.45, 2.75) is 51.1 Å². The van der Waals surface area contributed by atoms with E-state index in [1.54, 1.807) is 10.9 Å². The fourth-order valence-corrected chi connectivity index (χ4v) is 2.73. The van der Waals surface area contributed by atoms with Gasteiger partial charge in [0.15, 0.2) is 0 Å². The summed E-state index contributed by atoms with van der Waals surface area (Å²) in [4.78, 5) is 12.2. The van der Waals surface area contributed by atoms with Crippen LogP contribution in [-0.4, -0.2) is 28.3 Å². The van der Waals surface area contributed by atoms with Crippen molar-refractivity contribution in [1.29, 1.82) is 0 Å². The van der Waals surface area contributed by atoms with Crippen molar-refractivity contribution in [3.63, 3.8) is 0 Å². The predicted molar refractivity (Wildman–Crippen MR) is 66.7 cm³/mol. The third-order valence-corrected chi connectivity index (χ3v) is 3.73. The number of amides is 1. The molecule has 0 radical (unpaired) electrons. The molecule has 0 saturated heterocycles. The summed E-state index contributed by atoms with van der Waals surface area (Å²) in [6.07, 6.45) is 8.49. The molecule has 0 atom stereocenters. The molecular formula is C13H19N3O2. The molecule has 1 aliphatic heterocycles. The number of aryl methyl sites for hydroxylation is 1. The fourth-order valence-electron chi connectivity index (χ4n) is 2.73. The number of rotatable bonds is 2. The number of fused-ring (bicyclic) bond motifs is 1. The Labute approximate surface area is 107 Å². The molecule has 0 bridgehead atoms. The molecule has 1 fully saturated rings. The maximum Gasteiger partial charge on any atom is 0.258 e. The molecule has 18 heavy (non-hydrogen) atoms. The summed E-state index contributed by atoms with van der Waals surface area (Å²) in [6, 6.07) is 0.324. The van der Waals surface area contributed by atoms with E-state index < -0.39 is 0 Å². The predicted octanol–water partition coefficient (Wildman–Crippen LogP) is 1.73. The Morgan fingerprint density at radius 3 is 3.00 bits per heavy atom. The van der Waals surface area contributed by atoms with Crippen LogP contribution in [0.5, 0.6) is 5.88 Å². The number of nitrogens with one attached hydrogen (secondary N) is 1. The van der Waals surface area contributed by atoms with Gasteiger partial charge in [-0.2, -0.15) is 5.10 Å². The Morgan fingerprint density at radius 1 is 1.33 bits per heavy atom. The molecule has 1 aromatic heterocycles. The van der Waals surface area contributed by atoms with E-state index in [4.69, 9.17) is 4.74 Å². The van der Waals surface area contributed by atoms with Gasteiger partial charge in [0.1, 0.15) is 5.56 Å². The number of ether oxygens (including phenoxy) is 1. The smallest absolute Gasteiger partial charge is 0.258 e. The minimum atomic E-state index is -0.0370. The van der Waals surface area contributed by atoms with E-state index in [1.807, 2.05) is 0 Å². The number of nitrogens with zero attached hydrogens (tertiary/aromatic N) is 2. The fraction of sp³-hybridized carbons (Fsp3) is 0.692. The van der Waals surface area contributed by atoms with Crippen LogP contribution in [0.2, 0.25) is 0 Å². The Kier molecular flexibility index (Phi) is 3.21. The second-order valence-corrected chi connectivity index (χ2v) is 5.10. The molecule has 5 heteroatoms. The first kappa shape index (κ1) is 11.6. The molecule has 2 aliphatic rings. The van der Waals surface area contributed by atoms with Gasteiger partial charge in [-0.3, -0.25) is 4.79 Å². The lowest BCUT2D eigenvalue weighted by Gasteiger charge is -2.23. The highest BCUT2D eigenvalue weighted by atomic mass is 16.5. The summed E-state index contributed by atoms with van der Waals surface area (Å²) in [6.45, 7) is 1.52. The van der Waals surface area contributed by atoms with Gasteiger partial charge >= 0.3 is 0 Å². The highest BCUT2D eigenvalue weighted by Crippen LogP contribution is 2.23. The summed E-state index contributed by atoms with van der Waals surface area (Å²) in [5, 5.41) is 7.30. The summed E-state index contributed by atoms with van der Waals surface area (Å²) in [5.41, 5.74) is 0.584. The second-order valence-electron chi connectivity index (χ2n) is 5.10. The molecule has 1 aliphatic carbocycles. The van der Waals surface area contributed by atoms with E-state index in [-0.39, 0.29) is 5.91 Å². The van der Waals surface area contributed by atoms with Crippen LogP contribution < -0.4 is 10.1 Å². The largest absolute Gasteiger partial charge is 0.477 e. The quantitative estimate of drug-likeness (QED) is 0.868. The van der Waals surface area contributed by atoms with E-state index in [0.717, 1.165) is 25.8 Å². The lowest BCUT2D eigenvalue weighted by Crippen LogP contribution is -2.36. The highest BCUT2D eigenvalue weighted by molar-refractivity contribution is 5.96. The molecule has 1 amide bonds. The van der Waals surface area contributed by atoms with Crippen molar-refractivity contribution in [2.75, 3.05) is 6.61 Å². The normalized spacial score (nSPS) is 20.0. The molecule has 1 aromatic rings. The summed E-state index contributed by atoms with van der Waals surface area (Å²) in [5.74, 6) is 0.597. The minimum Gasteiger partial charge on any atom is -0.477 e. The van der Waals surface area contributed by atoms with Gasteiger partial charge in [0.25, 0.3) is 5.91 Å². The third kappa shape index (κ3) is 2.21. The van der Waals surface area contributed by atoms with Gasteiger partial charge in [-0.1, -0.05) is 19.3 Å². The van der Waals surface area contributed by atoms with Crippen LogP contribution in [0, 0.1) is 0 Å². The Balaban J connectivity index is 1.70. The minimum absolute atomic E-state index is 0.0370. The van der Waals surface area contributed by atoms with Crippen LogP contribution in [0.4, 0.5) is 0 Å². The van der Waals surface area contributed by atoms with E-state index in [9.17, 15) is 4.79 Å². The first-order chi connectivity index (χ1) is 8.84. The zero-order valence-electron chi connectivity index (χ0n) is 10.5. The Bertz CT molecular complexity index is 435. The van der Waals surface area contributed by atoms with Crippen LogP contribution in [0.3, 0.4) is 0 Å². The number of hydrogen-bond acceptors (Lipinski definition) is 3.